The molecule has 4 N–H and O–H groups in total. The Bertz CT molecular complexity index is 1090. The maximum atomic E-state index is 12.7. The summed E-state index contributed by atoms with van der Waals surface area (Å²) in [5, 5.41) is 8.93. The lowest BCUT2D eigenvalue weighted by molar-refractivity contribution is -0.161. The topological polar surface area (TPSA) is 172 Å². The Morgan fingerprint density at radius 2 is 0.688 bits per heavy atom. The summed E-state index contributed by atoms with van der Waals surface area (Å²) < 4.78 is 32.9. The molecule has 0 aliphatic rings. The van der Waals surface area contributed by atoms with Gasteiger partial charge in [0.2, 0.25) is 0 Å². The van der Waals surface area contributed by atoms with E-state index in [1.165, 1.54) is 205 Å². The lowest BCUT2D eigenvalue weighted by Gasteiger charge is -2.20. The number of carboxylic acids is 1. The molecule has 0 aliphatic carbocycles. The summed E-state index contributed by atoms with van der Waals surface area (Å²) in [7, 11) is -4.72. The number of ether oxygens (including phenoxy) is 2. The second-order valence-electron chi connectivity index (χ2n) is 18.7. The monoisotopic (exact) mass is 932 g/mol. The molecule has 0 aromatic rings. The Hall–Kier alpha value is -1.52. The third-order valence-electron chi connectivity index (χ3n) is 12.4. The van der Waals surface area contributed by atoms with Crippen LogP contribution < -0.4 is 5.73 Å². The average molecular weight is 932 g/mol. The van der Waals surface area contributed by atoms with E-state index in [1.807, 2.05) is 0 Å². The molecular formula is C52H102NO10P. The zero-order valence-electron chi connectivity index (χ0n) is 41.7. The van der Waals surface area contributed by atoms with Crippen LogP contribution in [0.1, 0.15) is 284 Å². The zero-order chi connectivity index (χ0) is 47.0. The minimum atomic E-state index is -4.72. The number of nitrogens with two attached hydrogens (primary N) is 1. The number of carboxylic acid groups (broad SMARTS) is 1. The third kappa shape index (κ3) is 47.0. The normalized spacial score (nSPS) is 13.4. The standard InChI is InChI=1S/C52H102NO10P/c1-3-5-7-9-11-13-15-17-19-21-23-25-27-29-31-33-35-37-39-41-43-50(54)60-45-48(46-61-64(58,59)62-47-49(53)52(56)57)63-51(55)44-42-40-38-36-34-32-30-28-26-24-22-20-18-16-14-12-10-8-6-4-2/h48-49H,3-47,53H2,1-2H3,(H,56,57)(H,58,59). The van der Waals surface area contributed by atoms with Crippen molar-refractivity contribution in [1.82, 2.24) is 0 Å². The van der Waals surface area contributed by atoms with Crippen LogP contribution in [-0.2, 0) is 37.5 Å². The SMILES string of the molecule is CCCCCCCCCCCCCCCCCCCCCCC(=O)OCC(COP(=O)(O)OCC(N)C(=O)O)OC(=O)CCCCCCCCCCCCCCCCCCCCCC. The number of esters is 2. The highest BCUT2D eigenvalue weighted by Gasteiger charge is 2.28. The van der Waals surface area contributed by atoms with E-state index in [1.54, 1.807) is 0 Å². The van der Waals surface area contributed by atoms with E-state index in [0.717, 1.165) is 38.5 Å². The first-order valence-corrected chi connectivity index (χ1v) is 28.6. The second kappa shape index (κ2) is 48.0. The van der Waals surface area contributed by atoms with Crippen LogP contribution in [0.15, 0.2) is 0 Å². The Morgan fingerprint density at radius 1 is 0.422 bits per heavy atom. The van der Waals surface area contributed by atoms with Crippen molar-refractivity contribution in [2.75, 3.05) is 19.8 Å². The van der Waals surface area contributed by atoms with E-state index in [0.29, 0.717) is 12.8 Å². The maximum Gasteiger partial charge on any atom is 0.472 e. The molecule has 380 valence electrons. The highest BCUT2D eigenvalue weighted by molar-refractivity contribution is 7.47. The summed E-state index contributed by atoms with van der Waals surface area (Å²) >= 11 is 0. The van der Waals surface area contributed by atoms with E-state index in [-0.39, 0.29) is 19.4 Å². The molecule has 0 aromatic heterocycles. The number of phosphoric ester groups is 1. The van der Waals surface area contributed by atoms with Crippen molar-refractivity contribution in [1.29, 1.82) is 0 Å². The molecule has 64 heavy (non-hydrogen) atoms. The lowest BCUT2D eigenvalue weighted by atomic mass is 10.0. The smallest absolute Gasteiger partial charge is 0.472 e. The van der Waals surface area contributed by atoms with Gasteiger partial charge < -0.3 is 25.2 Å². The largest absolute Gasteiger partial charge is 0.480 e. The van der Waals surface area contributed by atoms with Crippen LogP contribution in [0.25, 0.3) is 0 Å². The highest BCUT2D eigenvalue weighted by atomic mass is 31.2. The highest BCUT2D eigenvalue weighted by Crippen LogP contribution is 2.43. The molecule has 0 radical (unpaired) electrons. The maximum absolute atomic E-state index is 12.7. The van der Waals surface area contributed by atoms with Gasteiger partial charge in [0.05, 0.1) is 13.2 Å². The fraction of sp³-hybridized carbons (Fsp3) is 0.942. The molecule has 12 heteroatoms. The molecule has 0 bridgehead atoms. The number of aliphatic carboxylic acids is 1. The number of phosphoric acid groups is 1. The van der Waals surface area contributed by atoms with Crippen LogP contribution in [0.4, 0.5) is 0 Å². The Balaban J connectivity index is 4.16. The van der Waals surface area contributed by atoms with E-state index in [9.17, 15) is 23.8 Å². The third-order valence-corrected chi connectivity index (χ3v) is 13.3. The molecule has 0 saturated carbocycles. The number of rotatable bonds is 52. The zero-order valence-corrected chi connectivity index (χ0v) is 42.6. The summed E-state index contributed by atoms with van der Waals surface area (Å²) in [6.07, 6.45) is 50.2. The first-order valence-electron chi connectivity index (χ1n) is 27.1. The number of carbonyl (C=O) groups excluding carboxylic acids is 2. The Kier molecular flexibility index (Phi) is 46.8. The summed E-state index contributed by atoms with van der Waals surface area (Å²) in [5.74, 6) is -2.35. The first kappa shape index (κ1) is 62.5. The minimum absolute atomic E-state index is 0.170. The van der Waals surface area contributed by atoms with Crippen LogP contribution in [-0.4, -0.2) is 59.9 Å². The number of unbranched alkanes of at least 4 members (excludes halogenated alkanes) is 38. The van der Waals surface area contributed by atoms with Gasteiger partial charge in [-0.3, -0.25) is 23.4 Å². The fourth-order valence-corrected chi connectivity index (χ4v) is 8.91. The van der Waals surface area contributed by atoms with Crippen molar-refractivity contribution in [2.24, 2.45) is 5.73 Å². The van der Waals surface area contributed by atoms with Crippen molar-refractivity contribution < 1.29 is 47.5 Å². The lowest BCUT2D eigenvalue weighted by Crippen LogP contribution is -2.34. The van der Waals surface area contributed by atoms with Gasteiger partial charge in [0.15, 0.2) is 6.10 Å². The van der Waals surface area contributed by atoms with E-state index < -0.39 is 51.1 Å². The van der Waals surface area contributed by atoms with Gasteiger partial charge in [-0.25, -0.2) is 4.57 Å². The molecule has 0 spiro atoms. The summed E-state index contributed by atoms with van der Waals surface area (Å²) in [6.45, 7) is 2.88. The van der Waals surface area contributed by atoms with Crippen LogP contribution in [0.2, 0.25) is 0 Å². The molecule has 3 atom stereocenters. The molecule has 0 aliphatic heterocycles. The Labute approximate surface area is 393 Å². The van der Waals surface area contributed by atoms with Gasteiger partial charge >= 0.3 is 25.7 Å². The number of hydrogen-bond acceptors (Lipinski definition) is 9. The molecule has 3 unspecified atom stereocenters. The number of carbonyl (C=O) groups is 3. The quantitative estimate of drug-likeness (QED) is 0.0301. The molecule has 0 amide bonds. The van der Waals surface area contributed by atoms with Gasteiger partial charge in [0.1, 0.15) is 12.6 Å². The molecular weight excluding hydrogens is 830 g/mol. The van der Waals surface area contributed by atoms with Gasteiger partial charge in [-0.05, 0) is 12.8 Å². The summed E-state index contributed by atoms with van der Waals surface area (Å²) in [6, 6.07) is -1.52. The van der Waals surface area contributed by atoms with Gasteiger partial charge in [-0.15, -0.1) is 0 Å². The van der Waals surface area contributed by atoms with Gasteiger partial charge in [-0.1, -0.05) is 258 Å². The molecule has 0 rings (SSSR count). The predicted octanol–water partition coefficient (Wildman–Crippen LogP) is 15.4. The molecule has 0 heterocycles. The van der Waals surface area contributed by atoms with Crippen LogP contribution >= 0.6 is 7.82 Å². The van der Waals surface area contributed by atoms with Crippen molar-refractivity contribution in [3.05, 3.63) is 0 Å². The van der Waals surface area contributed by atoms with E-state index >= 15 is 0 Å². The number of hydrogen-bond donors (Lipinski definition) is 3. The van der Waals surface area contributed by atoms with Crippen molar-refractivity contribution in [2.45, 2.75) is 296 Å². The van der Waals surface area contributed by atoms with Crippen molar-refractivity contribution in [3.63, 3.8) is 0 Å². The van der Waals surface area contributed by atoms with Crippen molar-refractivity contribution >= 4 is 25.7 Å². The molecule has 0 saturated heterocycles. The van der Waals surface area contributed by atoms with E-state index in [2.05, 4.69) is 13.8 Å². The molecule has 0 aromatic carbocycles. The van der Waals surface area contributed by atoms with Gasteiger partial charge in [0.25, 0.3) is 0 Å². The fourth-order valence-electron chi connectivity index (χ4n) is 8.13. The first-order chi connectivity index (χ1) is 31.1. The second-order valence-corrected chi connectivity index (χ2v) is 20.2. The van der Waals surface area contributed by atoms with Gasteiger partial charge in [-0.2, -0.15) is 0 Å². The summed E-state index contributed by atoms with van der Waals surface area (Å²) in [4.78, 5) is 46.2. The molecule has 0 fully saturated rings. The summed E-state index contributed by atoms with van der Waals surface area (Å²) in [5.41, 5.74) is 5.36. The Morgan fingerprint density at radius 3 is 0.984 bits per heavy atom. The van der Waals surface area contributed by atoms with Crippen LogP contribution in [0, 0.1) is 0 Å². The van der Waals surface area contributed by atoms with Crippen molar-refractivity contribution in [3.8, 4) is 0 Å². The predicted molar refractivity (Wildman–Crippen MR) is 263 cm³/mol. The average Bonchev–Trinajstić information content (AvgIpc) is 3.27. The van der Waals surface area contributed by atoms with Gasteiger partial charge in [0, 0.05) is 12.8 Å². The van der Waals surface area contributed by atoms with Crippen LogP contribution in [0.3, 0.4) is 0 Å². The van der Waals surface area contributed by atoms with Crippen LogP contribution in [0.5, 0.6) is 0 Å². The molecule has 11 nitrogen and oxygen atoms in total. The minimum Gasteiger partial charge on any atom is -0.480 e. The van der Waals surface area contributed by atoms with E-state index in [4.69, 9.17) is 29.4 Å².